The molecule has 1 rings (SSSR count). The summed E-state index contributed by atoms with van der Waals surface area (Å²) in [6, 6.07) is 0. The highest BCUT2D eigenvalue weighted by molar-refractivity contribution is 4.72. The van der Waals surface area contributed by atoms with E-state index >= 15 is 0 Å². The SMILES string of the molecule is COCCCNCC(C)OC1CCCC(C)C1. The van der Waals surface area contributed by atoms with E-state index in [-0.39, 0.29) is 0 Å². The summed E-state index contributed by atoms with van der Waals surface area (Å²) in [5, 5.41) is 3.42. The van der Waals surface area contributed by atoms with Crippen molar-refractivity contribution in [1.82, 2.24) is 5.32 Å². The second-order valence-corrected chi connectivity index (χ2v) is 5.39. The fourth-order valence-electron chi connectivity index (χ4n) is 2.53. The number of rotatable bonds is 8. The normalized spacial score (nSPS) is 27.0. The van der Waals surface area contributed by atoms with Crippen LogP contribution in [0.15, 0.2) is 0 Å². The lowest BCUT2D eigenvalue weighted by molar-refractivity contribution is -0.0292. The Bertz CT molecular complexity index is 187. The fraction of sp³-hybridized carbons (Fsp3) is 1.00. The van der Waals surface area contributed by atoms with Crippen molar-refractivity contribution >= 4 is 0 Å². The van der Waals surface area contributed by atoms with E-state index in [4.69, 9.17) is 9.47 Å². The summed E-state index contributed by atoms with van der Waals surface area (Å²) in [6.07, 6.45) is 7.10. The van der Waals surface area contributed by atoms with Gasteiger partial charge in [-0.15, -0.1) is 0 Å². The summed E-state index contributed by atoms with van der Waals surface area (Å²) in [5.41, 5.74) is 0. The van der Waals surface area contributed by atoms with Crippen molar-refractivity contribution in [1.29, 1.82) is 0 Å². The predicted octanol–water partition coefficient (Wildman–Crippen LogP) is 2.60. The summed E-state index contributed by atoms with van der Waals surface area (Å²) in [7, 11) is 1.75. The second-order valence-electron chi connectivity index (χ2n) is 5.39. The van der Waals surface area contributed by atoms with E-state index in [1.165, 1.54) is 25.7 Å². The molecule has 0 aliphatic heterocycles. The minimum atomic E-state index is 0.327. The van der Waals surface area contributed by atoms with E-state index in [1.54, 1.807) is 7.11 Å². The van der Waals surface area contributed by atoms with Crippen molar-refractivity contribution in [3.63, 3.8) is 0 Å². The second kappa shape index (κ2) is 8.90. The lowest BCUT2D eigenvalue weighted by Gasteiger charge is -2.29. The summed E-state index contributed by atoms with van der Waals surface area (Å²) >= 11 is 0. The molecule has 1 fully saturated rings. The van der Waals surface area contributed by atoms with Gasteiger partial charge in [0, 0.05) is 20.3 Å². The lowest BCUT2D eigenvalue weighted by atomic mass is 9.88. The van der Waals surface area contributed by atoms with Gasteiger partial charge in [0.25, 0.3) is 0 Å². The molecule has 102 valence electrons. The first-order chi connectivity index (χ1) is 8.22. The van der Waals surface area contributed by atoms with Crippen LogP contribution in [-0.2, 0) is 9.47 Å². The number of methoxy groups -OCH3 is 1. The smallest absolute Gasteiger partial charge is 0.0675 e. The van der Waals surface area contributed by atoms with Gasteiger partial charge in [0.1, 0.15) is 0 Å². The van der Waals surface area contributed by atoms with Crippen molar-refractivity contribution in [2.24, 2.45) is 5.92 Å². The topological polar surface area (TPSA) is 30.5 Å². The molecule has 0 aromatic carbocycles. The van der Waals surface area contributed by atoms with Gasteiger partial charge >= 0.3 is 0 Å². The standard InChI is InChI=1S/C14H29NO2/c1-12-6-4-7-14(10-12)17-13(2)11-15-8-5-9-16-3/h12-15H,4-11H2,1-3H3. The molecule has 0 heterocycles. The molecule has 3 nitrogen and oxygen atoms in total. The number of hydrogen-bond acceptors (Lipinski definition) is 3. The van der Waals surface area contributed by atoms with E-state index in [0.29, 0.717) is 12.2 Å². The van der Waals surface area contributed by atoms with Crippen LogP contribution >= 0.6 is 0 Å². The third-order valence-electron chi connectivity index (χ3n) is 3.45. The van der Waals surface area contributed by atoms with E-state index < -0.39 is 0 Å². The molecule has 3 unspecified atom stereocenters. The first kappa shape index (κ1) is 14.9. The minimum Gasteiger partial charge on any atom is -0.385 e. The molecule has 0 amide bonds. The summed E-state index contributed by atoms with van der Waals surface area (Å²) in [5.74, 6) is 0.843. The van der Waals surface area contributed by atoms with Gasteiger partial charge in [-0.2, -0.15) is 0 Å². The van der Waals surface area contributed by atoms with Crippen molar-refractivity contribution in [2.75, 3.05) is 26.8 Å². The quantitative estimate of drug-likeness (QED) is 0.665. The molecule has 0 aromatic rings. The molecule has 3 atom stereocenters. The Morgan fingerprint density at radius 1 is 1.35 bits per heavy atom. The highest BCUT2D eigenvalue weighted by Crippen LogP contribution is 2.26. The third-order valence-corrected chi connectivity index (χ3v) is 3.45. The molecule has 17 heavy (non-hydrogen) atoms. The molecule has 1 aliphatic rings. The van der Waals surface area contributed by atoms with Gasteiger partial charge in [-0.05, 0) is 38.6 Å². The maximum Gasteiger partial charge on any atom is 0.0675 e. The van der Waals surface area contributed by atoms with Crippen LogP contribution in [0.25, 0.3) is 0 Å². The first-order valence-corrected chi connectivity index (χ1v) is 7.07. The average molecular weight is 243 g/mol. The minimum absolute atomic E-state index is 0.327. The zero-order valence-electron chi connectivity index (χ0n) is 11.7. The summed E-state index contributed by atoms with van der Waals surface area (Å²) < 4.78 is 11.1. The predicted molar refractivity (Wildman–Crippen MR) is 71.3 cm³/mol. The lowest BCUT2D eigenvalue weighted by Crippen LogP contribution is -2.33. The average Bonchev–Trinajstić information content (AvgIpc) is 2.29. The van der Waals surface area contributed by atoms with E-state index in [0.717, 1.165) is 32.0 Å². The molecule has 1 saturated carbocycles. The molecular weight excluding hydrogens is 214 g/mol. The molecule has 1 aliphatic carbocycles. The molecule has 1 N–H and O–H groups in total. The fourth-order valence-corrected chi connectivity index (χ4v) is 2.53. The van der Waals surface area contributed by atoms with Crippen LogP contribution in [-0.4, -0.2) is 39.0 Å². The van der Waals surface area contributed by atoms with Crippen molar-refractivity contribution < 1.29 is 9.47 Å². The molecule has 0 bridgehead atoms. The van der Waals surface area contributed by atoms with Gasteiger partial charge in [0.05, 0.1) is 12.2 Å². The number of hydrogen-bond donors (Lipinski definition) is 1. The Morgan fingerprint density at radius 2 is 2.18 bits per heavy atom. The highest BCUT2D eigenvalue weighted by Gasteiger charge is 2.20. The van der Waals surface area contributed by atoms with Crippen molar-refractivity contribution in [2.45, 2.75) is 58.2 Å². The Balaban J connectivity index is 2.01. The molecule has 0 radical (unpaired) electrons. The monoisotopic (exact) mass is 243 g/mol. The van der Waals surface area contributed by atoms with Crippen LogP contribution in [0.2, 0.25) is 0 Å². The largest absolute Gasteiger partial charge is 0.385 e. The van der Waals surface area contributed by atoms with Crippen LogP contribution < -0.4 is 5.32 Å². The number of nitrogens with one attached hydrogen (secondary N) is 1. The van der Waals surface area contributed by atoms with E-state index in [2.05, 4.69) is 19.2 Å². The van der Waals surface area contributed by atoms with Crippen molar-refractivity contribution in [3.8, 4) is 0 Å². The highest BCUT2D eigenvalue weighted by atomic mass is 16.5. The molecule has 3 heteroatoms. The van der Waals surface area contributed by atoms with Crippen LogP contribution in [0.5, 0.6) is 0 Å². The maximum absolute atomic E-state index is 6.07. The maximum atomic E-state index is 6.07. The van der Waals surface area contributed by atoms with Gasteiger partial charge < -0.3 is 14.8 Å². The molecule has 0 saturated heterocycles. The van der Waals surface area contributed by atoms with Crippen LogP contribution in [0.4, 0.5) is 0 Å². The Labute approximate surface area is 106 Å². The Morgan fingerprint density at radius 3 is 2.88 bits per heavy atom. The summed E-state index contributed by atoms with van der Waals surface area (Å²) in [6.45, 7) is 7.31. The van der Waals surface area contributed by atoms with Gasteiger partial charge in [-0.25, -0.2) is 0 Å². The van der Waals surface area contributed by atoms with E-state index in [9.17, 15) is 0 Å². The molecule has 0 spiro atoms. The van der Waals surface area contributed by atoms with Gasteiger partial charge in [-0.3, -0.25) is 0 Å². The van der Waals surface area contributed by atoms with Gasteiger partial charge in [0.2, 0.25) is 0 Å². The van der Waals surface area contributed by atoms with E-state index in [1.807, 2.05) is 0 Å². The Hall–Kier alpha value is -0.120. The number of ether oxygens (including phenoxy) is 2. The summed E-state index contributed by atoms with van der Waals surface area (Å²) in [4.78, 5) is 0. The molecule has 0 aromatic heterocycles. The zero-order valence-corrected chi connectivity index (χ0v) is 11.7. The Kier molecular flexibility index (Phi) is 7.82. The molecular formula is C14H29NO2. The van der Waals surface area contributed by atoms with Crippen LogP contribution in [0.3, 0.4) is 0 Å². The van der Waals surface area contributed by atoms with Crippen LogP contribution in [0, 0.1) is 5.92 Å². The van der Waals surface area contributed by atoms with Crippen molar-refractivity contribution in [3.05, 3.63) is 0 Å². The van der Waals surface area contributed by atoms with Crippen LogP contribution in [0.1, 0.15) is 46.0 Å². The third kappa shape index (κ3) is 7.02. The zero-order chi connectivity index (χ0) is 12.5. The first-order valence-electron chi connectivity index (χ1n) is 7.07. The van der Waals surface area contributed by atoms with Gasteiger partial charge in [-0.1, -0.05) is 19.8 Å². The van der Waals surface area contributed by atoms with Gasteiger partial charge in [0.15, 0.2) is 0 Å².